The number of aromatic nitrogens is 1. The van der Waals surface area contributed by atoms with Gasteiger partial charge in [0.25, 0.3) is 15.9 Å². The van der Waals surface area contributed by atoms with Crippen LogP contribution in [0, 0.1) is 0 Å². The molecule has 0 saturated carbocycles. The minimum Gasteiger partial charge on any atom is -0.489 e. The van der Waals surface area contributed by atoms with E-state index < -0.39 is 16.1 Å². The summed E-state index contributed by atoms with van der Waals surface area (Å²) < 4.78 is 34.9. The highest BCUT2D eigenvalue weighted by Crippen LogP contribution is 2.43. The molecule has 0 spiro atoms. The van der Waals surface area contributed by atoms with Crippen molar-refractivity contribution in [2.24, 2.45) is 0 Å². The lowest BCUT2D eigenvalue weighted by molar-refractivity contribution is 0.0950. The van der Waals surface area contributed by atoms with E-state index in [2.05, 4.69) is 10.3 Å². The van der Waals surface area contributed by atoms with E-state index in [-0.39, 0.29) is 17.5 Å². The van der Waals surface area contributed by atoms with Gasteiger partial charge in [0.1, 0.15) is 18.4 Å². The van der Waals surface area contributed by atoms with Gasteiger partial charge in [0.2, 0.25) is 0 Å². The van der Waals surface area contributed by atoms with E-state index in [1.54, 1.807) is 54.6 Å². The number of hydrogen-bond acceptors (Lipinski definition) is 5. The van der Waals surface area contributed by atoms with E-state index in [1.165, 1.54) is 16.6 Å². The third-order valence-electron chi connectivity index (χ3n) is 5.85. The number of amides is 1. The zero-order valence-electron chi connectivity index (χ0n) is 19.0. The second kappa shape index (κ2) is 10.0. The van der Waals surface area contributed by atoms with Crippen molar-refractivity contribution in [2.75, 3.05) is 10.9 Å². The van der Waals surface area contributed by atoms with Crippen LogP contribution < -0.4 is 14.4 Å². The number of sulfonamides is 1. The lowest BCUT2D eigenvalue weighted by atomic mass is 10.0. The quantitative estimate of drug-likeness (QED) is 0.387. The Bertz CT molecular complexity index is 1480. The molecular formula is C27H22ClN3O4S. The Morgan fingerprint density at radius 1 is 1.00 bits per heavy atom. The van der Waals surface area contributed by atoms with Crippen LogP contribution in [0.5, 0.6) is 5.75 Å². The van der Waals surface area contributed by atoms with Crippen molar-refractivity contribution in [1.82, 2.24) is 10.3 Å². The van der Waals surface area contributed by atoms with Gasteiger partial charge in [0.05, 0.1) is 5.69 Å². The smallest absolute Gasteiger partial charge is 0.282 e. The number of fused-ring (bicyclic) bond motifs is 1. The molecule has 1 atom stereocenters. The molecule has 7 nitrogen and oxygen atoms in total. The summed E-state index contributed by atoms with van der Waals surface area (Å²) in [4.78, 5) is 16.9. The molecule has 4 aromatic rings. The molecule has 3 aromatic carbocycles. The summed E-state index contributed by atoms with van der Waals surface area (Å²) in [5.41, 5.74) is 2.38. The standard InChI is InChI=1S/C27H22ClN3O4S/c28-22-12-9-20(10-13-22)24-18-35-25-16-21(27(32)30-17-19-6-2-1-3-7-19)11-14-23(25)31(24)36(33,34)26-8-4-5-15-29-26/h1-16,24H,17-18H2,(H,30,32). The third kappa shape index (κ3) is 4.78. The molecule has 0 bridgehead atoms. The lowest BCUT2D eigenvalue weighted by Gasteiger charge is -2.37. The number of halogens is 1. The Morgan fingerprint density at radius 2 is 1.75 bits per heavy atom. The predicted molar refractivity (Wildman–Crippen MR) is 138 cm³/mol. The highest BCUT2D eigenvalue weighted by atomic mass is 35.5. The SMILES string of the molecule is O=C(NCc1ccccc1)c1ccc2c(c1)OCC(c1ccc(Cl)cc1)N2S(=O)(=O)c1ccccn1. The predicted octanol–water partition coefficient (Wildman–Crippen LogP) is 4.99. The number of hydrogen-bond donors (Lipinski definition) is 1. The molecule has 2 heterocycles. The first-order valence-electron chi connectivity index (χ1n) is 11.2. The van der Waals surface area contributed by atoms with Crippen LogP contribution in [0.1, 0.15) is 27.5 Å². The van der Waals surface area contributed by atoms with Gasteiger partial charge >= 0.3 is 0 Å². The third-order valence-corrected chi connectivity index (χ3v) is 7.84. The molecule has 0 fully saturated rings. The Balaban J connectivity index is 1.50. The van der Waals surface area contributed by atoms with Crippen molar-refractivity contribution in [1.29, 1.82) is 0 Å². The van der Waals surface area contributed by atoms with E-state index in [0.29, 0.717) is 34.1 Å². The van der Waals surface area contributed by atoms with Crippen LogP contribution in [0.25, 0.3) is 0 Å². The number of carbonyl (C=O) groups is 1. The molecule has 1 N–H and O–H groups in total. The maximum absolute atomic E-state index is 13.8. The highest BCUT2D eigenvalue weighted by Gasteiger charge is 2.39. The number of rotatable bonds is 6. The highest BCUT2D eigenvalue weighted by molar-refractivity contribution is 7.92. The fourth-order valence-corrected chi connectivity index (χ4v) is 5.75. The van der Waals surface area contributed by atoms with Crippen molar-refractivity contribution in [3.05, 3.63) is 119 Å². The van der Waals surface area contributed by atoms with Gasteiger partial charge in [0, 0.05) is 23.3 Å². The molecule has 0 radical (unpaired) electrons. The second-order valence-corrected chi connectivity index (χ2v) is 10.4. The zero-order valence-corrected chi connectivity index (χ0v) is 20.6. The van der Waals surface area contributed by atoms with Crippen LogP contribution in [0.3, 0.4) is 0 Å². The van der Waals surface area contributed by atoms with Crippen molar-refractivity contribution in [3.8, 4) is 5.75 Å². The number of nitrogens with zero attached hydrogens (tertiary/aromatic N) is 2. The zero-order chi connectivity index (χ0) is 25.1. The van der Waals surface area contributed by atoms with E-state index in [9.17, 15) is 13.2 Å². The molecular weight excluding hydrogens is 498 g/mol. The second-order valence-electron chi connectivity index (χ2n) is 8.20. The number of anilines is 1. The molecule has 182 valence electrons. The summed E-state index contributed by atoms with van der Waals surface area (Å²) in [6, 6.07) is 25.4. The van der Waals surface area contributed by atoms with E-state index in [1.807, 2.05) is 30.3 Å². The van der Waals surface area contributed by atoms with Gasteiger partial charge in [-0.15, -0.1) is 0 Å². The fraction of sp³-hybridized carbons (Fsp3) is 0.111. The average molecular weight is 520 g/mol. The van der Waals surface area contributed by atoms with E-state index in [0.717, 1.165) is 5.56 Å². The van der Waals surface area contributed by atoms with Crippen LogP contribution in [-0.4, -0.2) is 25.9 Å². The number of carbonyl (C=O) groups excluding carboxylic acids is 1. The Morgan fingerprint density at radius 3 is 2.47 bits per heavy atom. The van der Waals surface area contributed by atoms with Gasteiger partial charge < -0.3 is 10.1 Å². The molecule has 0 saturated heterocycles. The average Bonchev–Trinajstić information content (AvgIpc) is 2.92. The van der Waals surface area contributed by atoms with E-state index >= 15 is 0 Å². The Labute approximate surface area is 214 Å². The first-order chi connectivity index (χ1) is 17.4. The number of nitrogens with one attached hydrogen (secondary N) is 1. The molecule has 1 aromatic heterocycles. The maximum Gasteiger partial charge on any atom is 0.282 e. The van der Waals surface area contributed by atoms with E-state index in [4.69, 9.17) is 16.3 Å². The molecule has 1 aliphatic rings. The summed E-state index contributed by atoms with van der Waals surface area (Å²) in [5, 5.41) is 3.34. The molecule has 0 aliphatic carbocycles. The topological polar surface area (TPSA) is 88.6 Å². The Kier molecular flexibility index (Phi) is 6.63. The van der Waals surface area contributed by atoms with Crippen LogP contribution >= 0.6 is 11.6 Å². The van der Waals surface area contributed by atoms with Crippen LogP contribution in [-0.2, 0) is 16.6 Å². The first kappa shape index (κ1) is 23.8. The maximum atomic E-state index is 13.8. The number of benzene rings is 3. The summed E-state index contributed by atoms with van der Waals surface area (Å²) >= 11 is 6.05. The summed E-state index contributed by atoms with van der Waals surface area (Å²) in [5.74, 6) is 0.0105. The summed E-state index contributed by atoms with van der Waals surface area (Å²) in [7, 11) is -4.05. The van der Waals surface area contributed by atoms with Crippen molar-refractivity contribution in [2.45, 2.75) is 17.6 Å². The van der Waals surface area contributed by atoms with Crippen molar-refractivity contribution >= 4 is 33.2 Å². The molecule has 1 amide bonds. The molecule has 1 aliphatic heterocycles. The minimum absolute atomic E-state index is 0.0514. The monoisotopic (exact) mass is 519 g/mol. The fourth-order valence-electron chi connectivity index (χ4n) is 4.05. The normalized spacial score (nSPS) is 15.0. The number of pyridine rings is 1. The molecule has 5 rings (SSSR count). The molecule has 9 heteroatoms. The minimum atomic E-state index is -4.05. The largest absolute Gasteiger partial charge is 0.489 e. The molecule has 1 unspecified atom stereocenters. The van der Waals surface area contributed by atoms with Gasteiger partial charge in [0.15, 0.2) is 5.03 Å². The van der Waals surface area contributed by atoms with Gasteiger partial charge in [-0.2, -0.15) is 8.42 Å². The van der Waals surface area contributed by atoms with Crippen molar-refractivity contribution < 1.29 is 17.9 Å². The van der Waals surface area contributed by atoms with Gasteiger partial charge in [-0.1, -0.05) is 60.1 Å². The lowest BCUT2D eigenvalue weighted by Crippen LogP contribution is -2.41. The van der Waals surface area contributed by atoms with Gasteiger partial charge in [-0.3, -0.25) is 9.10 Å². The molecule has 36 heavy (non-hydrogen) atoms. The van der Waals surface area contributed by atoms with Crippen LogP contribution in [0.15, 0.2) is 102 Å². The summed E-state index contributed by atoms with van der Waals surface area (Å²) in [6.07, 6.45) is 1.44. The first-order valence-corrected chi connectivity index (χ1v) is 13.1. The van der Waals surface area contributed by atoms with Gasteiger partial charge in [-0.05, 0) is 53.6 Å². The van der Waals surface area contributed by atoms with Crippen LogP contribution in [0.2, 0.25) is 5.02 Å². The Hall–Kier alpha value is -3.88. The van der Waals surface area contributed by atoms with Crippen molar-refractivity contribution in [3.63, 3.8) is 0 Å². The number of ether oxygens (including phenoxy) is 1. The summed E-state index contributed by atoms with van der Waals surface area (Å²) in [6.45, 7) is 0.423. The van der Waals surface area contributed by atoms with Gasteiger partial charge in [-0.25, -0.2) is 4.98 Å². The van der Waals surface area contributed by atoms with Crippen LogP contribution in [0.4, 0.5) is 5.69 Å².